The highest BCUT2D eigenvalue weighted by molar-refractivity contribution is 8.00. The first-order valence-electron chi connectivity index (χ1n) is 6.57. The molecule has 7 heteroatoms. The van der Waals surface area contributed by atoms with Gasteiger partial charge in [0.1, 0.15) is 0 Å². The number of aryl methyl sites for hydroxylation is 2. The van der Waals surface area contributed by atoms with Crippen molar-refractivity contribution in [1.82, 2.24) is 9.55 Å². The molecule has 0 atom stereocenters. The summed E-state index contributed by atoms with van der Waals surface area (Å²) in [7, 11) is 0. The van der Waals surface area contributed by atoms with E-state index in [-0.39, 0.29) is 17.4 Å². The highest BCUT2D eigenvalue weighted by Crippen LogP contribution is 2.21. The van der Waals surface area contributed by atoms with Crippen LogP contribution in [0.2, 0.25) is 0 Å². The van der Waals surface area contributed by atoms with Gasteiger partial charge in [-0.15, -0.1) is 11.8 Å². The van der Waals surface area contributed by atoms with Crippen molar-refractivity contribution in [3.63, 3.8) is 0 Å². The summed E-state index contributed by atoms with van der Waals surface area (Å²) in [4.78, 5) is 26.7. The zero-order valence-corrected chi connectivity index (χ0v) is 12.7. The lowest BCUT2D eigenvalue weighted by molar-refractivity contribution is -0.133. The van der Waals surface area contributed by atoms with Gasteiger partial charge in [0.25, 0.3) is 0 Å². The molecule has 1 aromatic carbocycles. The van der Waals surface area contributed by atoms with Gasteiger partial charge in [-0.05, 0) is 31.5 Å². The molecular formula is C14H17N3O3S. The Hall–Kier alpha value is -2.02. The van der Waals surface area contributed by atoms with E-state index in [1.165, 1.54) is 0 Å². The van der Waals surface area contributed by atoms with Gasteiger partial charge >= 0.3 is 5.97 Å². The number of rotatable bonds is 6. The first-order chi connectivity index (χ1) is 10.0. The standard InChI is InChI=1S/C14H17N3O3S/c1-3-17-11-5-4-9(2)6-10(11)15-14(17)16-12(18)7-21-8-13(19)20/h4-6H,3,7-8H2,1-2H3,(H,19,20)(H,15,16,18). The number of anilines is 1. The normalized spacial score (nSPS) is 10.8. The molecular weight excluding hydrogens is 290 g/mol. The van der Waals surface area contributed by atoms with E-state index < -0.39 is 5.97 Å². The second kappa shape index (κ2) is 6.62. The van der Waals surface area contributed by atoms with E-state index in [4.69, 9.17) is 5.11 Å². The summed E-state index contributed by atoms with van der Waals surface area (Å²) in [5, 5.41) is 11.3. The lowest BCUT2D eigenvalue weighted by Gasteiger charge is -2.07. The average molecular weight is 307 g/mol. The number of hydrogen-bond acceptors (Lipinski definition) is 4. The minimum absolute atomic E-state index is 0.0865. The molecule has 0 aliphatic heterocycles. The molecule has 2 aromatic rings. The van der Waals surface area contributed by atoms with Gasteiger partial charge in [0.15, 0.2) is 0 Å². The number of nitrogens with zero attached hydrogens (tertiary/aromatic N) is 2. The van der Waals surface area contributed by atoms with Crippen molar-refractivity contribution >= 4 is 40.6 Å². The summed E-state index contributed by atoms with van der Waals surface area (Å²) < 4.78 is 1.93. The summed E-state index contributed by atoms with van der Waals surface area (Å²) in [5.74, 6) is -0.666. The van der Waals surface area contributed by atoms with Crippen LogP contribution >= 0.6 is 11.8 Å². The molecule has 0 bridgehead atoms. The number of carbonyl (C=O) groups is 2. The third-order valence-corrected chi connectivity index (χ3v) is 3.85. The number of aromatic nitrogens is 2. The predicted molar refractivity (Wildman–Crippen MR) is 83.7 cm³/mol. The van der Waals surface area contributed by atoms with Crippen LogP contribution in [0.15, 0.2) is 18.2 Å². The fourth-order valence-electron chi connectivity index (χ4n) is 2.05. The molecule has 0 aliphatic carbocycles. The second-order valence-electron chi connectivity index (χ2n) is 4.61. The fourth-order valence-corrected chi connectivity index (χ4v) is 2.58. The third kappa shape index (κ3) is 3.75. The number of carbonyl (C=O) groups excluding carboxylic acids is 1. The van der Waals surface area contributed by atoms with Gasteiger partial charge in [0.05, 0.1) is 22.5 Å². The van der Waals surface area contributed by atoms with Gasteiger partial charge in [-0.25, -0.2) is 4.98 Å². The highest BCUT2D eigenvalue weighted by Gasteiger charge is 2.12. The Kier molecular flexibility index (Phi) is 4.85. The van der Waals surface area contributed by atoms with Gasteiger partial charge in [-0.3, -0.25) is 14.9 Å². The van der Waals surface area contributed by atoms with Crippen LogP contribution in [0.4, 0.5) is 5.95 Å². The van der Waals surface area contributed by atoms with Gasteiger partial charge in [-0.2, -0.15) is 0 Å². The Bertz CT molecular complexity index is 681. The van der Waals surface area contributed by atoms with E-state index in [0.717, 1.165) is 28.4 Å². The van der Waals surface area contributed by atoms with Crippen LogP contribution in [0.3, 0.4) is 0 Å². The van der Waals surface area contributed by atoms with Crippen LogP contribution in [0.1, 0.15) is 12.5 Å². The fraction of sp³-hybridized carbons (Fsp3) is 0.357. The molecule has 21 heavy (non-hydrogen) atoms. The lowest BCUT2D eigenvalue weighted by Crippen LogP contribution is -2.18. The molecule has 0 spiro atoms. The van der Waals surface area contributed by atoms with E-state index >= 15 is 0 Å². The van der Waals surface area contributed by atoms with Crippen molar-refractivity contribution in [1.29, 1.82) is 0 Å². The van der Waals surface area contributed by atoms with E-state index in [0.29, 0.717) is 12.5 Å². The number of benzene rings is 1. The highest BCUT2D eigenvalue weighted by atomic mass is 32.2. The number of carboxylic acids is 1. The maximum absolute atomic E-state index is 11.8. The number of hydrogen-bond donors (Lipinski definition) is 2. The van der Waals surface area contributed by atoms with Crippen LogP contribution in [0.5, 0.6) is 0 Å². The summed E-state index contributed by atoms with van der Waals surface area (Å²) in [6.45, 7) is 4.67. The molecule has 0 fully saturated rings. The second-order valence-corrected chi connectivity index (χ2v) is 5.59. The Labute approximate surface area is 126 Å². The van der Waals surface area contributed by atoms with Gasteiger partial charge < -0.3 is 9.67 Å². The molecule has 0 saturated carbocycles. The Morgan fingerprint density at radius 2 is 2.14 bits per heavy atom. The van der Waals surface area contributed by atoms with E-state index in [1.54, 1.807) is 0 Å². The molecule has 0 unspecified atom stereocenters. The molecule has 6 nitrogen and oxygen atoms in total. The molecule has 0 aliphatic rings. The van der Waals surface area contributed by atoms with Crippen LogP contribution in [0, 0.1) is 6.92 Å². The third-order valence-electron chi connectivity index (χ3n) is 2.93. The minimum atomic E-state index is -0.927. The lowest BCUT2D eigenvalue weighted by atomic mass is 10.2. The summed E-state index contributed by atoms with van der Waals surface area (Å²) in [6, 6.07) is 5.96. The molecule has 1 aromatic heterocycles. The molecule has 1 heterocycles. The maximum atomic E-state index is 11.8. The first kappa shape index (κ1) is 15.4. The number of aliphatic carboxylic acids is 1. The molecule has 1 amide bonds. The van der Waals surface area contributed by atoms with E-state index in [9.17, 15) is 9.59 Å². The number of carboxylic acid groups (broad SMARTS) is 1. The largest absolute Gasteiger partial charge is 0.481 e. The quantitative estimate of drug-likeness (QED) is 0.854. The smallest absolute Gasteiger partial charge is 0.313 e. The Balaban J connectivity index is 2.14. The van der Waals surface area contributed by atoms with Crippen molar-refractivity contribution in [3.05, 3.63) is 23.8 Å². The topological polar surface area (TPSA) is 84.2 Å². The zero-order valence-electron chi connectivity index (χ0n) is 11.9. The van der Waals surface area contributed by atoms with Crippen molar-refractivity contribution in [3.8, 4) is 0 Å². The summed E-state index contributed by atoms with van der Waals surface area (Å²) in [6.07, 6.45) is 0. The van der Waals surface area contributed by atoms with Gasteiger partial charge in [0.2, 0.25) is 11.9 Å². The number of amides is 1. The van der Waals surface area contributed by atoms with E-state index in [1.807, 2.05) is 36.6 Å². The van der Waals surface area contributed by atoms with Crippen molar-refractivity contribution < 1.29 is 14.7 Å². The first-order valence-corrected chi connectivity index (χ1v) is 7.73. The number of fused-ring (bicyclic) bond motifs is 1. The monoisotopic (exact) mass is 307 g/mol. The van der Waals surface area contributed by atoms with Crippen molar-refractivity contribution in [2.75, 3.05) is 16.8 Å². The molecule has 0 radical (unpaired) electrons. The zero-order chi connectivity index (χ0) is 15.4. The molecule has 112 valence electrons. The molecule has 2 N–H and O–H groups in total. The molecule has 2 rings (SSSR count). The van der Waals surface area contributed by atoms with Crippen LogP contribution in [0.25, 0.3) is 11.0 Å². The van der Waals surface area contributed by atoms with E-state index in [2.05, 4.69) is 10.3 Å². The van der Waals surface area contributed by atoms with Crippen LogP contribution in [-0.4, -0.2) is 38.0 Å². The average Bonchev–Trinajstić information content (AvgIpc) is 2.74. The SMILES string of the molecule is CCn1c(NC(=O)CSCC(=O)O)nc2cc(C)ccc21. The maximum Gasteiger partial charge on any atom is 0.313 e. The van der Waals surface area contributed by atoms with Gasteiger partial charge in [0, 0.05) is 6.54 Å². The summed E-state index contributed by atoms with van der Waals surface area (Å²) in [5.41, 5.74) is 2.92. The number of thioether (sulfide) groups is 1. The Morgan fingerprint density at radius 3 is 2.81 bits per heavy atom. The number of imidazole rings is 1. The van der Waals surface area contributed by atoms with Crippen LogP contribution < -0.4 is 5.32 Å². The van der Waals surface area contributed by atoms with Gasteiger partial charge in [-0.1, -0.05) is 6.07 Å². The minimum Gasteiger partial charge on any atom is -0.481 e. The van der Waals surface area contributed by atoms with Crippen molar-refractivity contribution in [2.24, 2.45) is 0 Å². The predicted octanol–water partition coefficient (Wildman–Crippen LogP) is 2.12. The van der Waals surface area contributed by atoms with Crippen molar-refractivity contribution in [2.45, 2.75) is 20.4 Å². The Morgan fingerprint density at radius 1 is 1.38 bits per heavy atom. The van der Waals surface area contributed by atoms with Crippen LogP contribution in [-0.2, 0) is 16.1 Å². The molecule has 0 saturated heterocycles. The number of nitrogens with one attached hydrogen (secondary N) is 1. The summed E-state index contributed by atoms with van der Waals surface area (Å²) >= 11 is 1.06.